The first-order valence-corrected chi connectivity index (χ1v) is 15.0. The maximum absolute atomic E-state index is 14.5. The molecule has 2 saturated carbocycles. The van der Waals surface area contributed by atoms with Crippen molar-refractivity contribution in [3.05, 3.63) is 0 Å². The van der Waals surface area contributed by atoms with Gasteiger partial charge < -0.3 is 15.1 Å². The zero-order valence-electron chi connectivity index (χ0n) is 22.3. The predicted molar refractivity (Wildman–Crippen MR) is 141 cm³/mol. The van der Waals surface area contributed by atoms with Crippen molar-refractivity contribution in [2.45, 2.75) is 94.6 Å². The number of amides is 3. The third-order valence-electron chi connectivity index (χ3n) is 8.88. The third-order valence-corrected chi connectivity index (χ3v) is 10.5. The highest BCUT2D eigenvalue weighted by atomic mass is 32.2. The highest BCUT2D eigenvalue weighted by Crippen LogP contribution is 2.41. The number of hydrogen-bond donors (Lipinski definition) is 1. The standard InChI is InChI=1S/C27H45FN4O3S/c1-20-5-4-12-32(20)24(34)23(29-25(35)27(28)10-11-27)26(2,3)36-18-22-8-6-21(7-9-22)17-30-13-15-31(19-33)16-14-30/h19-23H,4-18H2,1-3H3,(H,29,35). The van der Waals surface area contributed by atoms with Crippen molar-refractivity contribution in [3.8, 4) is 0 Å². The molecule has 3 amide bonds. The Hall–Kier alpha value is -1.35. The lowest BCUT2D eigenvalue weighted by molar-refractivity contribution is -0.139. The zero-order chi connectivity index (χ0) is 25.9. The van der Waals surface area contributed by atoms with Gasteiger partial charge in [-0.15, -0.1) is 0 Å². The molecule has 2 saturated heterocycles. The van der Waals surface area contributed by atoms with Crippen LogP contribution in [0, 0.1) is 11.8 Å². The molecule has 0 radical (unpaired) electrons. The van der Waals surface area contributed by atoms with E-state index in [2.05, 4.69) is 17.1 Å². The number of nitrogens with one attached hydrogen (secondary N) is 1. The second-order valence-electron chi connectivity index (χ2n) is 12.1. The number of hydrogen-bond acceptors (Lipinski definition) is 5. The van der Waals surface area contributed by atoms with Crippen molar-refractivity contribution in [3.63, 3.8) is 0 Å². The summed E-state index contributed by atoms with van der Waals surface area (Å²) in [5, 5.41) is 2.85. The Balaban J connectivity index is 1.28. The fraction of sp³-hybridized carbons (Fsp3) is 0.889. The van der Waals surface area contributed by atoms with E-state index >= 15 is 0 Å². The largest absolute Gasteiger partial charge is 0.343 e. The van der Waals surface area contributed by atoms with E-state index in [-0.39, 0.29) is 24.8 Å². The van der Waals surface area contributed by atoms with Gasteiger partial charge in [0.15, 0.2) is 5.67 Å². The number of nitrogens with zero attached hydrogens (tertiary/aromatic N) is 3. The third kappa shape index (κ3) is 6.74. The molecule has 204 valence electrons. The molecule has 0 aromatic rings. The van der Waals surface area contributed by atoms with Crippen LogP contribution in [-0.4, -0.2) is 100 Å². The molecular weight excluding hydrogens is 479 g/mol. The van der Waals surface area contributed by atoms with Gasteiger partial charge in [0.2, 0.25) is 12.3 Å². The lowest BCUT2D eigenvalue weighted by Crippen LogP contribution is -2.59. The number of alkyl halides is 1. The molecule has 0 spiro atoms. The topological polar surface area (TPSA) is 73.0 Å². The van der Waals surface area contributed by atoms with Crippen LogP contribution in [0.25, 0.3) is 0 Å². The van der Waals surface area contributed by atoms with Gasteiger partial charge in [0.25, 0.3) is 5.91 Å². The molecule has 2 aliphatic heterocycles. The van der Waals surface area contributed by atoms with E-state index in [4.69, 9.17) is 0 Å². The zero-order valence-corrected chi connectivity index (χ0v) is 23.2. The minimum absolute atomic E-state index is 0.0616. The fourth-order valence-corrected chi connectivity index (χ4v) is 7.29. The summed E-state index contributed by atoms with van der Waals surface area (Å²) in [5.41, 5.74) is -1.78. The first kappa shape index (κ1) is 27.7. The van der Waals surface area contributed by atoms with Crippen molar-refractivity contribution < 1.29 is 18.8 Å². The second kappa shape index (κ2) is 11.6. The summed E-state index contributed by atoms with van der Waals surface area (Å²) in [6.45, 7) is 11.6. The maximum Gasteiger partial charge on any atom is 0.258 e. The molecule has 0 bridgehead atoms. The van der Waals surface area contributed by atoms with E-state index in [9.17, 15) is 18.8 Å². The van der Waals surface area contributed by atoms with Gasteiger partial charge in [-0.2, -0.15) is 11.8 Å². The molecule has 2 aliphatic carbocycles. The number of likely N-dealkylation sites (tertiary alicyclic amines) is 1. The molecule has 2 atom stereocenters. The van der Waals surface area contributed by atoms with Crippen LogP contribution in [0.5, 0.6) is 0 Å². The summed E-state index contributed by atoms with van der Waals surface area (Å²) in [7, 11) is 0. The van der Waals surface area contributed by atoms with Gasteiger partial charge in [-0.05, 0) is 89.7 Å². The summed E-state index contributed by atoms with van der Waals surface area (Å²) in [4.78, 5) is 43.4. The van der Waals surface area contributed by atoms with E-state index in [1.807, 2.05) is 23.6 Å². The molecule has 9 heteroatoms. The summed E-state index contributed by atoms with van der Waals surface area (Å²) in [6, 6.07) is -0.556. The molecule has 4 rings (SSSR count). The molecule has 2 unspecified atom stereocenters. The van der Waals surface area contributed by atoms with Gasteiger partial charge in [0.1, 0.15) is 6.04 Å². The molecule has 7 nitrogen and oxygen atoms in total. The minimum atomic E-state index is -1.78. The molecule has 2 heterocycles. The first-order valence-electron chi connectivity index (χ1n) is 14.0. The number of rotatable bonds is 10. The van der Waals surface area contributed by atoms with Crippen LogP contribution in [-0.2, 0) is 14.4 Å². The normalized spacial score (nSPS) is 29.6. The Kier molecular flexibility index (Phi) is 8.91. The van der Waals surface area contributed by atoms with Crippen LogP contribution < -0.4 is 5.32 Å². The van der Waals surface area contributed by atoms with Crippen molar-refractivity contribution >= 4 is 30.0 Å². The lowest BCUT2D eigenvalue weighted by atomic mass is 9.82. The number of piperazine rings is 1. The molecule has 0 aromatic heterocycles. The highest BCUT2D eigenvalue weighted by molar-refractivity contribution is 8.00. The van der Waals surface area contributed by atoms with Gasteiger partial charge in [0.05, 0.1) is 0 Å². The number of halogens is 1. The Morgan fingerprint density at radius 1 is 1.06 bits per heavy atom. The van der Waals surface area contributed by atoms with Gasteiger partial charge >= 0.3 is 0 Å². The van der Waals surface area contributed by atoms with Crippen molar-refractivity contribution in [2.75, 3.05) is 45.0 Å². The molecule has 36 heavy (non-hydrogen) atoms. The van der Waals surface area contributed by atoms with Crippen LogP contribution in [0.4, 0.5) is 4.39 Å². The monoisotopic (exact) mass is 524 g/mol. The quantitative estimate of drug-likeness (QED) is 0.445. The van der Waals surface area contributed by atoms with Crippen LogP contribution in [0.1, 0.15) is 72.1 Å². The Morgan fingerprint density at radius 3 is 2.25 bits per heavy atom. The minimum Gasteiger partial charge on any atom is -0.343 e. The van der Waals surface area contributed by atoms with Crippen molar-refractivity contribution in [2.24, 2.45) is 11.8 Å². The Bertz CT molecular complexity index is 792. The van der Waals surface area contributed by atoms with Crippen molar-refractivity contribution in [1.29, 1.82) is 0 Å². The van der Waals surface area contributed by atoms with E-state index in [1.54, 1.807) is 11.8 Å². The van der Waals surface area contributed by atoms with Crippen LogP contribution in [0.3, 0.4) is 0 Å². The molecule has 0 aromatic carbocycles. The number of thioether (sulfide) groups is 1. The van der Waals surface area contributed by atoms with E-state index in [0.29, 0.717) is 18.4 Å². The first-order chi connectivity index (χ1) is 17.1. The summed E-state index contributed by atoms with van der Waals surface area (Å²) >= 11 is 1.76. The Labute approximate surface area is 220 Å². The number of carbonyl (C=O) groups excluding carboxylic acids is 3. The maximum atomic E-state index is 14.5. The average Bonchev–Trinajstić information content (AvgIpc) is 3.48. The van der Waals surface area contributed by atoms with Crippen LogP contribution in [0.2, 0.25) is 0 Å². The van der Waals surface area contributed by atoms with E-state index in [1.165, 1.54) is 25.7 Å². The number of carbonyl (C=O) groups is 3. The van der Waals surface area contributed by atoms with Crippen molar-refractivity contribution in [1.82, 2.24) is 20.0 Å². The average molecular weight is 525 g/mol. The predicted octanol–water partition coefficient (Wildman–Crippen LogP) is 3.08. The fourth-order valence-electron chi connectivity index (χ4n) is 5.97. The highest BCUT2D eigenvalue weighted by Gasteiger charge is 2.53. The lowest BCUT2D eigenvalue weighted by Gasteiger charge is -2.39. The SMILES string of the molecule is CC1CCCN1C(=O)C(NC(=O)C1(F)CC1)C(C)(C)SCC1CCC(CN2CCN(C=O)CC2)CC1. The smallest absolute Gasteiger partial charge is 0.258 e. The van der Waals surface area contributed by atoms with E-state index in [0.717, 1.165) is 57.7 Å². The summed E-state index contributed by atoms with van der Waals surface area (Å²) in [5.74, 6) is 1.59. The molecule has 1 N–H and O–H groups in total. The van der Waals surface area contributed by atoms with Gasteiger partial charge in [0, 0.05) is 50.1 Å². The second-order valence-corrected chi connectivity index (χ2v) is 13.8. The molecule has 4 fully saturated rings. The van der Waals surface area contributed by atoms with Crippen LogP contribution in [0.15, 0.2) is 0 Å². The van der Waals surface area contributed by atoms with Gasteiger partial charge in [-0.25, -0.2) is 4.39 Å². The van der Waals surface area contributed by atoms with Gasteiger partial charge in [-0.1, -0.05) is 0 Å². The van der Waals surface area contributed by atoms with E-state index < -0.39 is 22.4 Å². The summed E-state index contributed by atoms with van der Waals surface area (Å²) in [6.07, 6.45) is 8.22. The Morgan fingerprint density at radius 2 is 1.69 bits per heavy atom. The molecular formula is C27H45FN4O3S. The molecule has 4 aliphatic rings. The van der Waals surface area contributed by atoms with Gasteiger partial charge in [-0.3, -0.25) is 19.3 Å². The van der Waals surface area contributed by atoms with Crippen LogP contribution >= 0.6 is 11.8 Å². The summed E-state index contributed by atoms with van der Waals surface area (Å²) < 4.78 is 14.0.